The zero-order chi connectivity index (χ0) is 12.2. The van der Waals surface area contributed by atoms with E-state index in [0.29, 0.717) is 10.2 Å². The second kappa shape index (κ2) is 5.34. The molecule has 0 saturated carbocycles. The smallest absolute Gasteiger partial charge is 0.242 e. The predicted octanol–water partition coefficient (Wildman–Crippen LogP) is 1.33. The van der Waals surface area contributed by atoms with E-state index in [1.807, 2.05) is 0 Å². The fourth-order valence-corrected chi connectivity index (χ4v) is 2.94. The molecule has 0 heterocycles. The number of anilines is 1. The molecule has 0 saturated heterocycles. The van der Waals surface area contributed by atoms with Gasteiger partial charge in [-0.05, 0) is 41.1 Å². The van der Waals surface area contributed by atoms with E-state index in [9.17, 15) is 8.42 Å². The first kappa shape index (κ1) is 13.0. The highest BCUT2D eigenvalue weighted by atomic mass is 79.9. The van der Waals surface area contributed by atoms with Gasteiger partial charge in [0.05, 0.1) is 11.4 Å². The summed E-state index contributed by atoms with van der Waals surface area (Å²) in [6.07, 6.45) is 0. The minimum atomic E-state index is -3.57. The Kier molecular flexibility index (Phi) is 4.35. The Balaban J connectivity index is 3.05. The van der Waals surface area contributed by atoms with Gasteiger partial charge in [0.15, 0.2) is 0 Å². The topological polar surface area (TPSA) is 72.2 Å². The number of sulfonamides is 1. The summed E-state index contributed by atoms with van der Waals surface area (Å²) >= 11 is 3.16. The number of hydrogen-bond acceptors (Lipinski definition) is 3. The lowest BCUT2D eigenvalue weighted by molar-refractivity contribution is 0.585. The lowest BCUT2D eigenvalue weighted by Gasteiger charge is -2.06. The minimum Gasteiger partial charge on any atom is -0.399 e. The maximum absolute atomic E-state index is 11.8. The molecule has 3 N–H and O–H groups in total. The van der Waals surface area contributed by atoms with Gasteiger partial charge in [-0.3, -0.25) is 0 Å². The Labute approximate surface area is 103 Å². The third-order valence-corrected chi connectivity index (χ3v) is 4.17. The molecular weight excluding hydrogens is 292 g/mol. The highest BCUT2D eigenvalue weighted by molar-refractivity contribution is 9.10. The quantitative estimate of drug-likeness (QED) is 0.653. The van der Waals surface area contributed by atoms with Crippen LogP contribution in [0.15, 0.2) is 27.6 Å². The number of nitrogens with two attached hydrogens (primary N) is 1. The van der Waals surface area contributed by atoms with Crippen LogP contribution in [0.2, 0.25) is 0 Å². The second-order valence-corrected chi connectivity index (χ2v) is 5.53. The lowest BCUT2D eigenvalue weighted by atomic mass is 10.3. The number of rotatable bonds is 3. The van der Waals surface area contributed by atoms with Crippen LogP contribution in [-0.4, -0.2) is 15.0 Å². The molecule has 1 rings (SSSR count). The highest BCUT2D eigenvalue weighted by Crippen LogP contribution is 2.23. The van der Waals surface area contributed by atoms with E-state index < -0.39 is 10.0 Å². The maximum Gasteiger partial charge on any atom is 0.242 e. The normalized spacial score (nSPS) is 10.6. The Hall–Kier alpha value is -1.03. The standard InChI is InChI=1S/C10H11BrN2O2S/c1-2-3-6-13-16(14,15)10-7-8(12)4-5-9(10)11/h4-5,7,13H,6,12H2,1H3. The summed E-state index contributed by atoms with van der Waals surface area (Å²) in [6.45, 7) is 1.73. The van der Waals surface area contributed by atoms with Crippen molar-refractivity contribution >= 4 is 31.6 Å². The Morgan fingerprint density at radius 1 is 1.50 bits per heavy atom. The second-order valence-electron chi connectivity index (χ2n) is 2.94. The summed E-state index contributed by atoms with van der Waals surface area (Å²) in [5, 5.41) is 0. The summed E-state index contributed by atoms with van der Waals surface area (Å²) in [4.78, 5) is 0.116. The van der Waals surface area contributed by atoms with Crippen LogP contribution >= 0.6 is 15.9 Å². The van der Waals surface area contributed by atoms with Crippen molar-refractivity contribution in [2.45, 2.75) is 11.8 Å². The van der Waals surface area contributed by atoms with Crippen LogP contribution in [-0.2, 0) is 10.0 Å². The van der Waals surface area contributed by atoms with Crippen LogP contribution in [0.4, 0.5) is 5.69 Å². The average molecular weight is 303 g/mol. The summed E-state index contributed by atoms with van der Waals surface area (Å²) in [7, 11) is -3.57. The van der Waals surface area contributed by atoms with Gasteiger partial charge >= 0.3 is 0 Å². The van der Waals surface area contributed by atoms with Crippen LogP contribution in [0.1, 0.15) is 6.92 Å². The zero-order valence-electron chi connectivity index (χ0n) is 8.62. The molecule has 0 amide bonds. The first-order valence-corrected chi connectivity index (χ1v) is 6.69. The van der Waals surface area contributed by atoms with E-state index >= 15 is 0 Å². The van der Waals surface area contributed by atoms with Crippen molar-refractivity contribution in [3.05, 3.63) is 22.7 Å². The SMILES string of the molecule is CC#CCNS(=O)(=O)c1cc(N)ccc1Br. The first-order chi connectivity index (χ1) is 7.47. The predicted molar refractivity (Wildman–Crippen MR) is 67.2 cm³/mol. The van der Waals surface area contributed by atoms with Crippen molar-refractivity contribution in [2.24, 2.45) is 0 Å². The molecule has 0 atom stereocenters. The van der Waals surface area contributed by atoms with Crippen LogP contribution in [0.3, 0.4) is 0 Å². The van der Waals surface area contributed by atoms with Gasteiger partial charge in [0.1, 0.15) is 0 Å². The van der Waals surface area contributed by atoms with Crippen molar-refractivity contribution in [1.82, 2.24) is 4.72 Å². The summed E-state index contributed by atoms with van der Waals surface area (Å²) in [6, 6.07) is 4.61. The van der Waals surface area contributed by atoms with E-state index in [1.165, 1.54) is 6.07 Å². The van der Waals surface area contributed by atoms with E-state index in [4.69, 9.17) is 5.73 Å². The van der Waals surface area contributed by atoms with Gasteiger partial charge in [0, 0.05) is 10.2 Å². The molecule has 0 aromatic heterocycles. The van der Waals surface area contributed by atoms with E-state index in [2.05, 4.69) is 32.5 Å². The van der Waals surface area contributed by atoms with Gasteiger partial charge in [0.25, 0.3) is 0 Å². The number of nitrogen functional groups attached to an aromatic ring is 1. The fourth-order valence-electron chi connectivity index (χ4n) is 1.02. The van der Waals surface area contributed by atoms with E-state index in [0.717, 1.165) is 0 Å². The molecule has 0 fully saturated rings. The van der Waals surface area contributed by atoms with Gasteiger partial charge in [-0.25, -0.2) is 8.42 Å². The summed E-state index contributed by atoms with van der Waals surface area (Å²) < 4.78 is 26.5. The van der Waals surface area contributed by atoms with Crippen molar-refractivity contribution < 1.29 is 8.42 Å². The van der Waals surface area contributed by atoms with Crippen molar-refractivity contribution in [3.8, 4) is 11.8 Å². The molecule has 0 unspecified atom stereocenters. The highest BCUT2D eigenvalue weighted by Gasteiger charge is 2.16. The van der Waals surface area contributed by atoms with Crippen molar-refractivity contribution in [1.29, 1.82) is 0 Å². The Morgan fingerprint density at radius 3 is 2.81 bits per heavy atom. The zero-order valence-corrected chi connectivity index (χ0v) is 11.0. The molecule has 1 aromatic carbocycles. The summed E-state index contributed by atoms with van der Waals surface area (Å²) in [5.74, 6) is 5.23. The van der Waals surface area contributed by atoms with Gasteiger partial charge in [-0.2, -0.15) is 4.72 Å². The molecule has 0 aliphatic heterocycles. The molecule has 0 aliphatic rings. The van der Waals surface area contributed by atoms with Crippen LogP contribution in [0.25, 0.3) is 0 Å². The number of hydrogen-bond donors (Lipinski definition) is 2. The molecule has 0 bridgehead atoms. The van der Waals surface area contributed by atoms with Crippen molar-refractivity contribution in [2.75, 3.05) is 12.3 Å². The molecule has 0 radical (unpaired) electrons. The van der Waals surface area contributed by atoms with Gasteiger partial charge in [-0.15, -0.1) is 5.92 Å². The molecule has 4 nitrogen and oxygen atoms in total. The Bertz CT molecular complexity index is 544. The molecular formula is C10H11BrN2O2S. The maximum atomic E-state index is 11.8. The van der Waals surface area contributed by atoms with Gasteiger partial charge < -0.3 is 5.73 Å². The van der Waals surface area contributed by atoms with Crippen molar-refractivity contribution in [3.63, 3.8) is 0 Å². The number of benzene rings is 1. The third kappa shape index (κ3) is 3.23. The molecule has 0 spiro atoms. The molecule has 1 aromatic rings. The summed E-state index contributed by atoms with van der Waals surface area (Å²) in [5.41, 5.74) is 5.93. The molecule has 86 valence electrons. The van der Waals surface area contributed by atoms with Crippen LogP contribution in [0.5, 0.6) is 0 Å². The fraction of sp³-hybridized carbons (Fsp3) is 0.200. The number of halogens is 1. The van der Waals surface area contributed by atoms with Crippen LogP contribution < -0.4 is 10.5 Å². The number of nitrogens with one attached hydrogen (secondary N) is 1. The first-order valence-electron chi connectivity index (χ1n) is 4.41. The minimum absolute atomic E-state index is 0.0834. The van der Waals surface area contributed by atoms with Gasteiger partial charge in [-0.1, -0.05) is 5.92 Å². The molecule has 16 heavy (non-hydrogen) atoms. The molecule has 0 aliphatic carbocycles. The van der Waals surface area contributed by atoms with Crippen LogP contribution in [0, 0.1) is 11.8 Å². The Morgan fingerprint density at radius 2 is 2.19 bits per heavy atom. The monoisotopic (exact) mass is 302 g/mol. The third-order valence-electron chi connectivity index (χ3n) is 1.77. The molecule has 6 heteroatoms. The van der Waals surface area contributed by atoms with E-state index in [-0.39, 0.29) is 11.4 Å². The lowest BCUT2D eigenvalue weighted by Crippen LogP contribution is -2.24. The largest absolute Gasteiger partial charge is 0.399 e. The average Bonchev–Trinajstić information content (AvgIpc) is 2.22. The van der Waals surface area contributed by atoms with E-state index in [1.54, 1.807) is 19.1 Å². The van der Waals surface area contributed by atoms with Gasteiger partial charge in [0.2, 0.25) is 10.0 Å².